The van der Waals surface area contributed by atoms with Crippen LogP contribution in [-0.4, -0.2) is 49.0 Å². The summed E-state index contributed by atoms with van der Waals surface area (Å²) in [5.41, 5.74) is 2.25. The monoisotopic (exact) mass is 427 g/mol. The Hall–Kier alpha value is -3.64. The highest BCUT2D eigenvalue weighted by Gasteiger charge is 2.27. The minimum atomic E-state index is -0.256. The second-order valence-corrected chi connectivity index (χ2v) is 7.81. The number of nitrogens with one attached hydrogen (secondary N) is 1. The first-order chi connectivity index (χ1) is 15.7. The molecule has 0 atom stereocenters. The van der Waals surface area contributed by atoms with E-state index in [1.807, 2.05) is 65.6 Å². The summed E-state index contributed by atoms with van der Waals surface area (Å²) in [7, 11) is 0. The number of pyridine rings is 1. The lowest BCUT2D eigenvalue weighted by Crippen LogP contribution is -2.44. The van der Waals surface area contributed by atoms with E-state index < -0.39 is 0 Å². The number of aromatic nitrogens is 1. The molecule has 0 saturated carbocycles. The number of nitrogens with zero attached hydrogens (tertiary/aromatic N) is 2. The Morgan fingerprint density at radius 2 is 1.44 bits per heavy atom. The zero-order valence-corrected chi connectivity index (χ0v) is 17.8. The van der Waals surface area contributed by atoms with Gasteiger partial charge in [0.2, 0.25) is 0 Å². The Labute approximate surface area is 187 Å². The molecular weight excluding hydrogens is 402 g/mol. The van der Waals surface area contributed by atoms with Gasteiger partial charge in [-0.1, -0.05) is 60.7 Å². The van der Waals surface area contributed by atoms with E-state index in [1.165, 1.54) is 6.20 Å². The molecule has 3 aromatic rings. The SMILES string of the molecule is O=Cc1c(N2CCNCC2)ncc(C(=O)Cc2ccccc2)c1C(=O)Cc1ccccc1. The van der Waals surface area contributed by atoms with Gasteiger partial charge in [-0.2, -0.15) is 0 Å². The van der Waals surface area contributed by atoms with Crippen LogP contribution >= 0.6 is 0 Å². The van der Waals surface area contributed by atoms with Crippen molar-refractivity contribution in [3.8, 4) is 0 Å². The largest absolute Gasteiger partial charge is 0.353 e. The highest BCUT2D eigenvalue weighted by Crippen LogP contribution is 2.26. The maximum Gasteiger partial charge on any atom is 0.169 e. The topological polar surface area (TPSA) is 79.4 Å². The summed E-state index contributed by atoms with van der Waals surface area (Å²) in [6.07, 6.45) is 2.38. The lowest BCUT2D eigenvalue weighted by atomic mass is 9.91. The molecule has 0 radical (unpaired) electrons. The van der Waals surface area contributed by atoms with Gasteiger partial charge < -0.3 is 10.2 Å². The van der Waals surface area contributed by atoms with E-state index in [4.69, 9.17) is 0 Å². The standard InChI is InChI=1S/C26H25N3O3/c30-18-22-25(24(32)16-20-9-5-2-6-10-20)21(23(31)15-19-7-3-1-4-8-19)17-28-26(22)29-13-11-27-12-14-29/h1-10,17-18,27H,11-16H2. The Bertz CT molecular complexity index is 1110. The van der Waals surface area contributed by atoms with Crippen LogP contribution in [0.3, 0.4) is 0 Å². The van der Waals surface area contributed by atoms with Gasteiger partial charge in [-0.25, -0.2) is 4.98 Å². The van der Waals surface area contributed by atoms with Gasteiger partial charge in [-0.05, 0) is 11.1 Å². The van der Waals surface area contributed by atoms with Crippen molar-refractivity contribution in [2.24, 2.45) is 0 Å². The molecule has 6 nitrogen and oxygen atoms in total. The molecule has 32 heavy (non-hydrogen) atoms. The second-order valence-electron chi connectivity index (χ2n) is 7.81. The molecule has 1 fully saturated rings. The third-order valence-electron chi connectivity index (χ3n) is 5.62. The van der Waals surface area contributed by atoms with Gasteiger partial charge in [0, 0.05) is 56.3 Å². The molecule has 2 heterocycles. The summed E-state index contributed by atoms with van der Waals surface area (Å²) in [4.78, 5) is 45.4. The van der Waals surface area contributed by atoms with Gasteiger partial charge in [0.25, 0.3) is 0 Å². The van der Waals surface area contributed by atoms with Gasteiger partial charge in [0.05, 0.1) is 5.56 Å². The number of ketones is 2. The van der Waals surface area contributed by atoms with Gasteiger partial charge in [-0.15, -0.1) is 0 Å². The highest BCUT2D eigenvalue weighted by atomic mass is 16.1. The van der Waals surface area contributed by atoms with Crippen molar-refractivity contribution in [3.63, 3.8) is 0 Å². The van der Waals surface area contributed by atoms with Crippen molar-refractivity contribution in [1.82, 2.24) is 10.3 Å². The van der Waals surface area contributed by atoms with E-state index >= 15 is 0 Å². The highest BCUT2D eigenvalue weighted by molar-refractivity contribution is 6.14. The summed E-state index contributed by atoms with van der Waals surface area (Å²) in [5.74, 6) is -0.0160. The molecule has 0 bridgehead atoms. The summed E-state index contributed by atoms with van der Waals surface area (Å²) >= 11 is 0. The fourth-order valence-electron chi connectivity index (χ4n) is 4.01. The molecule has 0 spiro atoms. The number of carbonyl (C=O) groups excluding carboxylic acids is 3. The summed E-state index contributed by atoms with van der Waals surface area (Å²) in [6, 6.07) is 18.7. The third kappa shape index (κ3) is 4.81. The third-order valence-corrected chi connectivity index (χ3v) is 5.62. The lowest BCUT2D eigenvalue weighted by molar-refractivity contribution is 0.0957. The molecule has 1 aromatic heterocycles. The lowest BCUT2D eigenvalue weighted by Gasteiger charge is -2.30. The van der Waals surface area contributed by atoms with Crippen molar-refractivity contribution < 1.29 is 14.4 Å². The number of rotatable bonds is 8. The number of hydrogen-bond acceptors (Lipinski definition) is 6. The number of aldehydes is 1. The van der Waals surface area contributed by atoms with Crippen molar-refractivity contribution in [2.45, 2.75) is 12.8 Å². The predicted octanol–water partition coefficient (Wildman–Crippen LogP) is 3.15. The predicted molar refractivity (Wildman–Crippen MR) is 124 cm³/mol. The van der Waals surface area contributed by atoms with E-state index in [9.17, 15) is 14.4 Å². The van der Waals surface area contributed by atoms with Gasteiger partial charge in [0.15, 0.2) is 17.9 Å². The smallest absolute Gasteiger partial charge is 0.169 e. The second kappa shape index (κ2) is 10.1. The molecule has 1 N–H and O–H groups in total. The average Bonchev–Trinajstić information content (AvgIpc) is 2.84. The maximum absolute atomic E-state index is 13.4. The van der Waals surface area contributed by atoms with Crippen molar-refractivity contribution in [1.29, 1.82) is 0 Å². The Kier molecular flexibility index (Phi) is 6.82. The van der Waals surface area contributed by atoms with Gasteiger partial charge in [-0.3, -0.25) is 14.4 Å². The van der Waals surface area contributed by atoms with Gasteiger partial charge in [0.1, 0.15) is 5.82 Å². The first-order valence-electron chi connectivity index (χ1n) is 10.8. The van der Waals surface area contributed by atoms with Crippen LogP contribution < -0.4 is 10.2 Å². The Balaban J connectivity index is 1.76. The molecular formula is C26H25N3O3. The minimum absolute atomic E-state index is 0.109. The Morgan fingerprint density at radius 3 is 2.00 bits per heavy atom. The van der Waals surface area contributed by atoms with E-state index in [1.54, 1.807) is 0 Å². The molecule has 1 saturated heterocycles. The van der Waals surface area contributed by atoms with Crippen LogP contribution in [0.5, 0.6) is 0 Å². The van der Waals surface area contributed by atoms with E-state index in [-0.39, 0.29) is 41.1 Å². The number of Topliss-reactive ketones (excluding diaryl/α,β-unsaturated/α-hetero) is 2. The van der Waals surface area contributed by atoms with E-state index in [0.29, 0.717) is 25.2 Å². The van der Waals surface area contributed by atoms with Crippen LogP contribution in [0, 0.1) is 0 Å². The summed E-state index contributed by atoms with van der Waals surface area (Å²) in [5, 5.41) is 3.27. The zero-order valence-electron chi connectivity index (χ0n) is 17.8. The molecule has 0 aliphatic carbocycles. The van der Waals surface area contributed by atoms with Crippen LogP contribution in [0.25, 0.3) is 0 Å². The van der Waals surface area contributed by atoms with E-state index in [2.05, 4.69) is 10.3 Å². The summed E-state index contributed by atoms with van der Waals surface area (Å²) < 4.78 is 0. The van der Waals surface area contributed by atoms with Gasteiger partial charge >= 0.3 is 0 Å². The molecule has 162 valence electrons. The Morgan fingerprint density at radius 1 is 0.875 bits per heavy atom. The van der Waals surface area contributed by atoms with Crippen molar-refractivity contribution in [3.05, 3.63) is 94.7 Å². The summed E-state index contributed by atoms with van der Waals surface area (Å²) in [6.45, 7) is 2.89. The van der Waals surface area contributed by atoms with Crippen LogP contribution in [0.15, 0.2) is 66.9 Å². The van der Waals surface area contributed by atoms with Crippen molar-refractivity contribution in [2.75, 3.05) is 31.1 Å². The number of anilines is 1. The molecule has 0 amide bonds. The molecule has 6 heteroatoms. The minimum Gasteiger partial charge on any atom is -0.353 e. The number of hydrogen-bond donors (Lipinski definition) is 1. The fourth-order valence-corrected chi connectivity index (χ4v) is 4.01. The first-order valence-corrected chi connectivity index (χ1v) is 10.8. The van der Waals surface area contributed by atoms with Crippen LogP contribution in [0.4, 0.5) is 5.82 Å². The zero-order chi connectivity index (χ0) is 22.3. The molecule has 1 aliphatic heterocycles. The quantitative estimate of drug-likeness (QED) is 0.440. The van der Waals surface area contributed by atoms with Crippen LogP contribution in [0.1, 0.15) is 42.2 Å². The average molecular weight is 428 g/mol. The molecule has 4 rings (SSSR count). The number of benzene rings is 2. The maximum atomic E-state index is 13.4. The molecule has 0 unspecified atom stereocenters. The number of carbonyl (C=O) groups is 3. The fraction of sp³-hybridized carbons (Fsp3) is 0.231. The first kappa shape index (κ1) is 21.6. The molecule has 1 aliphatic rings. The van der Waals surface area contributed by atoms with Crippen molar-refractivity contribution >= 4 is 23.7 Å². The normalized spacial score (nSPS) is 13.6. The van der Waals surface area contributed by atoms with E-state index in [0.717, 1.165) is 24.2 Å². The van der Waals surface area contributed by atoms with Crippen LogP contribution in [-0.2, 0) is 12.8 Å². The van der Waals surface area contributed by atoms with Crippen LogP contribution in [0.2, 0.25) is 0 Å². The molecule has 2 aromatic carbocycles. The number of piperazine rings is 1.